The number of amides is 1. The highest BCUT2D eigenvalue weighted by Crippen LogP contribution is 2.58. The van der Waals surface area contributed by atoms with Crippen molar-refractivity contribution in [3.05, 3.63) is 33.4 Å². The van der Waals surface area contributed by atoms with Crippen LogP contribution in [0.25, 0.3) is 0 Å². The molecule has 0 radical (unpaired) electrons. The van der Waals surface area contributed by atoms with Gasteiger partial charge in [-0.2, -0.15) is 0 Å². The molecule has 0 aromatic carbocycles. The van der Waals surface area contributed by atoms with Gasteiger partial charge in [-0.15, -0.1) is 0 Å². The van der Waals surface area contributed by atoms with Crippen molar-refractivity contribution in [1.82, 2.24) is 5.32 Å². The smallest absolute Gasteiger partial charge is 0.336 e. The van der Waals surface area contributed by atoms with E-state index in [-0.39, 0.29) is 11.9 Å². The van der Waals surface area contributed by atoms with E-state index >= 15 is 0 Å². The Morgan fingerprint density at radius 3 is 2.67 bits per heavy atom. The van der Waals surface area contributed by atoms with Crippen LogP contribution in [0.3, 0.4) is 0 Å². The summed E-state index contributed by atoms with van der Waals surface area (Å²) < 4.78 is 5.12. The molecule has 3 fully saturated rings. The summed E-state index contributed by atoms with van der Waals surface area (Å²) in [5.41, 5.74) is 0.822. The van der Waals surface area contributed by atoms with E-state index in [0.29, 0.717) is 22.8 Å². The molecule has 1 aromatic heterocycles. The predicted octanol–water partition coefficient (Wildman–Crippen LogP) is 3.45. The van der Waals surface area contributed by atoms with Gasteiger partial charge in [0.1, 0.15) is 5.76 Å². The molecular weight excluding hydrogens is 302 g/mol. The molecule has 24 heavy (non-hydrogen) atoms. The summed E-state index contributed by atoms with van der Waals surface area (Å²) in [5, 5.41) is 3.23. The van der Waals surface area contributed by atoms with Crippen LogP contribution >= 0.6 is 0 Å². The Kier molecular flexibility index (Phi) is 3.81. The van der Waals surface area contributed by atoms with E-state index in [9.17, 15) is 9.59 Å². The van der Waals surface area contributed by atoms with Crippen LogP contribution in [0.2, 0.25) is 0 Å². The number of aryl methyl sites for hydroxylation is 2. The van der Waals surface area contributed by atoms with Crippen molar-refractivity contribution in [2.24, 2.45) is 29.6 Å². The predicted molar refractivity (Wildman–Crippen MR) is 91.9 cm³/mol. The zero-order chi connectivity index (χ0) is 17.0. The molecule has 0 saturated heterocycles. The van der Waals surface area contributed by atoms with Gasteiger partial charge in [0.2, 0.25) is 0 Å². The fraction of sp³-hybridized carbons (Fsp3) is 0.700. The third-order valence-corrected chi connectivity index (χ3v) is 6.93. The van der Waals surface area contributed by atoms with E-state index in [4.69, 9.17) is 4.42 Å². The first-order valence-corrected chi connectivity index (χ1v) is 9.36. The summed E-state index contributed by atoms with van der Waals surface area (Å²) in [6.45, 7) is 5.66. The lowest BCUT2D eigenvalue weighted by Gasteiger charge is -2.45. The van der Waals surface area contributed by atoms with Gasteiger partial charge in [0.15, 0.2) is 0 Å². The van der Waals surface area contributed by atoms with Crippen molar-refractivity contribution in [3.8, 4) is 0 Å². The minimum absolute atomic E-state index is 0.0998. The van der Waals surface area contributed by atoms with Crippen LogP contribution in [0.5, 0.6) is 0 Å². The number of carbonyl (C=O) groups excluding carboxylic acids is 1. The first-order chi connectivity index (χ1) is 11.4. The summed E-state index contributed by atoms with van der Waals surface area (Å²) in [7, 11) is 0. The molecule has 130 valence electrons. The third kappa shape index (κ3) is 2.51. The highest BCUT2D eigenvalue weighted by atomic mass is 16.4. The lowest BCUT2D eigenvalue weighted by atomic mass is 9.62. The highest BCUT2D eigenvalue weighted by molar-refractivity contribution is 5.96. The Bertz CT molecular complexity index is 696. The number of nitrogens with one attached hydrogen (secondary N) is 1. The van der Waals surface area contributed by atoms with Crippen LogP contribution in [0, 0.1) is 43.4 Å². The van der Waals surface area contributed by atoms with E-state index in [2.05, 4.69) is 12.2 Å². The summed E-state index contributed by atoms with van der Waals surface area (Å²) in [6, 6.07) is 1.58. The SMILES string of the molecule is Cc1cc(=O)oc(C)c1C(=O)N[C@H](C)[C@@H]1[C@H]2CC[C@@H]3C[C@@H](C2)C[C@H]31. The molecule has 4 heteroatoms. The molecule has 1 aromatic rings. The third-order valence-electron chi connectivity index (χ3n) is 6.93. The van der Waals surface area contributed by atoms with Gasteiger partial charge in [-0.1, -0.05) is 0 Å². The summed E-state index contributed by atoms with van der Waals surface area (Å²) >= 11 is 0. The fourth-order valence-corrected chi connectivity index (χ4v) is 6.20. The summed E-state index contributed by atoms with van der Waals surface area (Å²) in [5.74, 6) is 4.33. The summed E-state index contributed by atoms with van der Waals surface area (Å²) in [6.07, 6.45) is 6.87. The Labute approximate surface area is 143 Å². The van der Waals surface area contributed by atoms with Gasteiger partial charge in [0.25, 0.3) is 5.91 Å². The van der Waals surface area contributed by atoms with Gasteiger partial charge >= 0.3 is 5.63 Å². The van der Waals surface area contributed by atoms with Crippen molar-refractivity contribution in [1.29, 1.82) is 0 Å². The molecule has 1 amide bonds. The number of hydrogen-bond donors (Lipinski definition) is 1. The maximum atomic E-state index is 12.8. The monoisotopic (exact) mass is 329 g/mol. The molecule has 3 saturated carbocycles. The van der Waals surface area contributed by atoms with E-state index in [1.165, 1.54) is 38.2 Å². The van der Waals surface area contributed by atoms with Crippen molar-refractivity contribution < 1.29 is 9.21 Å². The first-order valence-electron chi connectivity index (χ1n) is 9.36. The Hall–Kier alpha value is -1.58. The lowest BCUT2D eigenvalue weighted by molar-refractivity contribution is 0.0518. The van der Waals surface area contributed by atoms with Crippen LogP contribution in [0.4, 0.5) is 0 Å². The molecule has 3 aliphatic carbocycles. The van der Waals surface area contributed by atoms with Crippen LogP contribution in [0.1, 0.15) is 60.7 Å². The largest absolute Gasteiger partial charge is 0.427 e. The zero-order valence-corrected chi connectivity index (χ0v) is 14.8. The van der Waals surface area contributed by atoms with Gasteiger partial charge in [0.05, 0.1) is 5.56 Å². The summed E-state index contributed by atoms with van der Waals surface area (Å²) in [4.78, 5) is 24.2. The van der Waals surface area contributed by atoms with Gasteiger partial charge in [-0.25, -0.2) is 4.79 Å². The minimum Gasteiger partial charge on any atom is -0.427 e. The molecule has 1 heterocycles. The number of fused-ring (bicyclic) bond motifs is 2. The van der Waals surface area contributed by atoms with Crippen LogP contribution in [-0.2, 0) is 0 Å². The quantitative estimate of drug-likeness (QED) is 0.924. The molecule has 4 nitrogen and oxygen atoms in total. The molecule has 3 bridgehead atoms. The van der Waals surface area contributed by atoms with Crippen molar-refractivity contribution in [2.75, 3.05) is 0 Å². The molecule has 4 rings (SSSR count). The number of rotatable bonds is 3. The zero-order valence-electron chi connectivity index (χ0n) is 14.8. The van der Waals surface area contributed by atoms with E-state index < -0.39 is 5.63 Å². The molecule has 1 N–H and O–H groups in total. The molecule has 3 aliphatic rings. The second-order valence-corrected chi connectivity index (χ2v) is 8.35. The van der Waals surface area contributed by atoms with Crippen molar-refractivity contribution in [2.45, 2.75) is 58.9 Å². The standard InChI is InChI=1S/C20H27NO3/c1-10-6-17(22)24-12(3)18(10)20(23)21-11(2)19-15-5-4-14-7-13(8-15)9-16(14)19/h6,11,13-16,19H,4-5,7-9H2,1-3H3,(H,21,23)/t11-,13+,14-,15+,16-,19-/m1/s1. The van der Waals surface area contributed by atoms with E-state index in [0.717, 1.165) is 23.7 Å². The van der Waals surface area contributed by atoms with Crippen LogP contribution in [0.15, 0.2) is 15.3 Å². The topological polar surface area (TPSA) is 59.3 Å². The Balaban J connectivity index is 1.53. The molecular formula is C20H27NO3. The van der Waals surface area contributed by atoms with Gasteiger partial charge in [-0.05, 0) is 88.0 Å². The maximum absolute atomic E-state index is 12.8. The normalized spacial score (nSPS) is 35.0. The maximum Gasteiger partial charge on any atom is 0.336 e. The van der Waals surface area contributed by atoms with Crippen molar-refractivity contribution >= 4 is 5.91 Å². The second-order valence-electron chi connectivity index (χ2n) is 8.35. The number of carbonyl (C=O) groups is 1. The number of hydrogen-bond acceptors (Lipinski definition) is 3. The average molecular weight is 329 g/mol. The second kappa shape index (κ2) is 5.75. The van der Waals surface area contributed by atoms with Crippen LogP contribution < -0.4 is 10.9 Å². The van der Waals surface area contributed by atoms with Gasteiger partial charge < -0.3 is 9.73 Å². The Morgan fingerprint density at radius 1 is 1.21 bits per heavy atom. The van der Waals surface area contributed by atoms with Gasteiger partial charge in [0, 0.05) is 12.1 Å². The lowest BCUT2D eigenvalue weighted by Crippen LogP contribution is -2.48. The minimum atomic E-state index is -0.392. The molecule has 0 spiro atoms. The fourth-order valence-electron chi connectivity index (χ4n) is 6.20. The van der Waals surface area contributed by atoms with Crippen LogP contribution in [-0.4, -0.2) is 11.9 Å². The van der Waals surface area contributed by atoms with E-state index in [1.807, 2.05) is 0 Å². The molecule has 0 aliphatic heterocycles. The van der Waals surface area contributed by atoms with Crippen molar-refractivity contribution in [3.63, 3.8) is 0 Å². The molecule has 6 atom stereocenters. The highest BCUT2D eigenvalue weighted by Gasteiger charge is 2.51. The van der Waals surface area contributed by atoms with E-state index in [1.54, 1.807) is 13.8 Å². The van der Waals surface area contributed by atoms with Gasteiger partial charge in [-0.3, -0.25) is 4.79 Å². The molecule has 0 unspecified atom stereocenters. The first kappa shape index (κ1) is 15.9. The average Bonchev–Trinajstić information content (AvgIpc) is 2.68. The Morgan fingerprint density at radius 2 is 1.92 bits per heavy atom.